The van der Waals surface area contributed by atoms with Crippen LogP contribution in [0.25, 0.3) is 0 Å². The molecule has 3 rings (SSSR count). The Morgan fingerprint density at radius 1 is 1.31 bits per heavy atom. The number of hydrogen-bond acceptors (Lipinski definition) is 6. The van der Waals surface area contributed by atoms with Gasteiger partial charge in [0, 0.05) is 29.7 Å². The molecular formula is C17H22N4O3S2. The lowest BCUT2D eigenvalue weighted by Crippen LogP contribution is -2.42. The predicted octanol–water partition coefficient (Wildman–Crippen LogP) is 2.97. The number of carbonyl (C=O) groups excluding carboxylic acids is 1. The fourth-order valence-corrected chi connectivity index (χ4v) is 5.38. The molecule has 7 nitrogen and oxygen atoms in total. The van der Waals surface area contributed by atoms with Gasteiger partial charge in [-0.15, -0.1) is 0 Å². The number of sulfonamides is 1. The summed E-state index contributed by atoms with van der Waals surface area (Å²) in [5.41, 5.74) is 1.03. The Balaban J connectivity index is 1.90. The van der Waals surface area contributed by atoms with Crippen molar-refractivity contribution in [3.05, 3.63) is 35.2 Å². The van der Waals surface area contributed by atoms with E-state index in [1.54, 1.807) is 26.0 Å². The average Bonchev–Trinajstić information content (AvgIpc) is 3.00. The number of carbonyl (C=O) groups is 1. The van der Waals surface area contributed by atoms with Crippen molar-refractivity contribution in [2.45, 2.75) is 51.0 Å². The molecule has 0 radical (unpaired) electrons. The third kappa shape index (κ3) is 3.79. The van der Waals surface area contributed by atoms with Crippen molar-refractivity contribution in [1.82, 2.24) is 13.7 Å². The summed E-state index contributed by atoms with van der Waals surface area (Å²) in [5.74, 6) is 0.194. The lowest BCUT2D eigenvalue weighted by atomic mass is 10.1. The van der Waals surface area contributed by atoms with Crippen LogP contribution in [0.5, 0.6) is 0 Å². The van der Waals surface area contributed by atoms with Crippen LogP contribution in [-0.4, -0.2) is 40.6 Å². The van der Waals surface area contributed by atoms with Crippen LogP contribution in [0.2, 0.25) is 0 Å². The van der Waals surface area contributed by atoms with E-state index in [4.69, 9.17) is 0 Å². The monoisotopic (exact) mass is 394 g/mol. The van der Waals surface area contributed by atoms with Gasteiger partial charge in [-0.05, 0) is 51.3 Å². The first-order chi connectivity index (χ1) is 12.3. The van der Waals surface area contributed by atoms with Crippen LogP contribution in [0.4, 0.5) is 5.13 Å². The average molecular weight is 395 g/mol. The molecule has 1 aliphatic heterocycles. The third-order valence-electron chi connectivity index (χ3n) is 4.55. The Morgan fingerprint density at radius 2 is 2.08 bits per heavy atom. The predicted molar refractivity (Wildman–Crippen MR) is 101 cm³/mol. The molecule has 0 aliphatic carbocycles. The smallest absolute Gasteiger partial charge is 0.257 e. The van der Waals surface area contributed by atoms with Crippen molar-refractivity contribution in [3.63, 3.8) is 0 Å². The van der Waals surface area contributed by atoms with Crippen molar-refractivity contribution in [1.29, 1.82) is 0 Å². The van der Waals surface area contributed by atoms with Crippen molar-refractivity contribution < 1.29 is 13.2 Å². The topological polar surface area (TPSA) is 92.3 Å². The van der Waals surface area contributed by atoms with Crippen LogP contribution in [-0.2, 0) is 10.0 Å². The Labute approximate surface area is 157 Å². The van der Waals surface area contributed by atoms with Gasteiger partial charge in [-0.2, -0.15) is 8.68 Å². The summed E-state index contributed by atoms with van der Waals surface area (Å²) in [5, 5.41) is 3.08. The van der Waals surface area contributed by atoms with E-state index >= 15 is 0 Å². The highest BCUT2D eigenvalue weighted by Crippen LogP contribution is 2.26. The SMILES string of the molecule is Cc1nsc(NC(=O)c2cc(S(=O)(=O)N3CCCCC3C)ccc2C)n1. The van der Waals surface area contributed by atoms with Crippen LogP contribution in [0.15, 0.2) is 23.1 Å². The molecule has 0 spiro atoms. The third-order valence-corrected chi connectivity index (χ3v) is 7.28. The second-order valence-corrected chi connectivity index (χ2v) is 9.18. The molecular weight excluding hydrogens is 372 g/mol. The molecule has 1 aromatic carbocycles. The van der Waals surface area contributed by atoms with Gasteiger partial charge in [0.2, 0.25) is 15.2 Å². The molecule has 2 aromatic rings. The van der Waals surface area contributed by atoms with E-state index in [1.807, 2.05) is 6.92 Å². The Hall–Kier alpha value is -1.84. The van der Waals surface area contributed by atoms with Crippen molar-refractivity contribution in [3.8, 4) is 0 Å². The van der Waals surface area contributed by atoms with Gasteiger partial charge < -0.3 is 0 Å². The zero-order valence-corrected chi connectivity index (χ0v) is 16.7. The molecule has 1 fully saturated rings. The fourth-order valence-electron chi connectivity index (χ4n) is 3.08. The maximum atomic E-state index is 13.0. The molecule has 1 aliphatic rings. The Bertz CT molecular complexity index is 924. The minimum atomic E-state index is -3.62. The van der Waals surface area contributed by atoms with Crippen LogP contribution in [0.1, 0.15) is 47.9 Å². The molecule has 1 unspecified atom stereocenters. The van der Waals surface area contributed by atoms with Gasteiger partial charge in [0.1, 0.15) is 5.82 Å². The summed E-state index contributed by atoms with van der Waals surface area (Å²) in [6.45, 7) is 5.96. The lowest BCUT2D eigenvalue weighted by molar-refractivity contribution is 0.102. The van der Waals surface area contributed by atoms with Crippen LogP contribution >= 0.6 is 11.5 Å². The van der Waals surface area contributed by atoms with Crippen LogP contribution < -0.4 is 5.32 Å². The van der Waals surface area contributed by atoms with Gasteiger partial charge in [-0.25, -0.2) is 13.4 Å². The highest BCUT2D eigenvalue weighted by molar-refractivity contribution is 7.89. The van der Waals surface area contributed by atoms with Crippen LogP contribution in [0, 0.1) is 13.8 Å². The first-order valence-corrected chi connectivity index (χ1v) is 10.7. The molecule has 1 aromatic heterocycles. The van der Waals surface area contributed by atoms with Gasteiger partial charge in [0.15, 0.2) is 0 Å². The van der Waals surface area contributed by atoms with Gasteiger partial charge in [-0.3, -0.25) is 10.1 Å². The molecule has 1 saturated heterocycles. The highest BCUT2D eigenvalue weighted by atomic mass is 32.2. The van der Waals surface area contributed by atoms with Crippen molar-refractivity contribution >= 4 is 32.6 Å². The quantitative estimate of drug-likeness (QED) is 0.861. The summed E-state index contributed by atoms with van der Waals surface area (Å²) in [6, 6.07) is 4.66. The number of piperidine rings is 1. The second-order valence-electron chi connectivity index (χ2n) is 6.54. The maximum absolute atomic E-state index is 13.0. The minimum Gasteiger partial charge on any atom is -0.297 e. The number of rotatable bonds is 4. The molecule has 0 saturated carbocycles. The number of benzene rings is 1. The van der Waals surface area contributed by atoms with Gasteiger partial charge in [0.05, 0.1) is 4.90 Å². The van der Waals surface area contributed by atoms with E-state index in [0.717, 1.165) is 30.8 Å². The molecule has 1 atom stereocenters. The van der Waals surface area contributed by atoms with Crippen molar-refractivity contribution in [2.24, 2.45) is 0 Å². The summed E-state index contributed by atoms with van der Waals surface area (Å²) in [4.78, 5) is 16.8. The zero-order chi connectivity index (χ0) is 18.9. The standard InChI is InChI=1S/C17H22N4O3S2/c1-11-7-8-14(26(23,24)21-9-5-4-6-12(21)2)10-15(11)16(22)19-17-18-13(3)20-25-17/h7-8,10,12H,4-6,9H2,1-3H3,(H,18,19,20,22). The van der Waals surface area contributed by atoms with E-state index in [-0.39, 0.29) is 16.8 Å². The Kier molecular flexibility index (Phi) is 5.40. The summed E-state index contributed by atoms with van der Waals surface area (Å²) < 4.78 is 31.6. The molecule has 1 N–H and O–H groups in total. The number of amides is 1. The number of aromatic nitrogens is 2. The van der Waals surface area contributed by atoms with Gasteiger partial charge in [0.25, 0.3) is 5.91 Å². The first-order valence-electron chi connectivity index (χ1n) is 8.53. The summed E-state index contributed by atoms with van der Waals surface area (Å²) >= 11 is 1.09. The molecule has 0 bridgehead atoms. The molecule has 140 valence electrons. The van der Waals surface area contributed by atoms with Crippen LogP contribution in [0.3, 0.4) is 0 Å². The largest absolute Gasteiger partial charge is 0.297 e. The first kappa shape index (κ1) is 18.9. The molecule has 26 heavy (non-hydrogen) atoms. The van der Waals surface area contributed by atoms with E-state index in [2.05, 4.69) is 14.7 Å². The fraction of sp³-hybridized carbons (Fsp3) is 0.471. The van der Waals surface area contributed by atoms with E-state index in [9.17, 15) is 13.2 Å². The number of aryl methyl sites for hydroxylation is 2. The highest BCUT2D eigenvalue weighted by Gasteiger charge is 2.31. The number of hydrogen-bond donors (Lipinski definition) is 1. The normalized spacial score (nSPS) is 18.7. The zero-order valence-electron chi connectivity index (χ0n) is 15.0. The minimum absolute atomic E-state index is 0.0308. The lowest BCUT2D eigenvalue weighted by Gasteiger charge is -2.32. The van der Waals surface area contributed by atoms with E-state index in [0.29, 0.717) is 28.6 Å². The second kappa shape index (κ2) is 7.42. The van der Waals surface area contributed by atoms with E-state index in [1.165, 1.54) is 10.4 Å². The van der Waals surface area contributed by atoms with E-state index < -0.39 is 10.0 Å². The Morgan fingerprint density at radius 3 is 2.73 bits per heavy atom. The molecule has 9 heteroatoms. The number of nitrogens with one attached hydrogen (secondary N) is 1. The number of nitrogens with zero attached hydrogens (tertiary/aromatic N) is 3. The summed E-state index contributed by atoms with van der Waals surface area (Å²) in [6.07, 6.45) is 2.75. The molecule has 1 amide bonds. The summed E-state index contributed by atoms with van der Waals surface area (Å²) in [7, 11) is -3.62. The molecule has 2 heterocycles. The van der Waals surface area contributed by atoms with Gasteiger partial charge in [-0.1, -0.05) is 12.5 Å². The van der Waals surface area contributed by atoms with Gasteiger partial charge >= 0.3 is 0 Å². The van der Waals surface area contributed by atoms with Crippen molar-refractivity contribution in [2.75, 3.05) is 11.9 Å². The number of anilines is 1. The maximum Gasteiger partial charge on any atom is 0.257 e.